The van der Waals surface area contributed by atoms with Gasteiger partial charge in [-0.15, -0.1) is 5.10 Å². The lowest BCUT2D eigenvalue weighted by atomic mass is 10.00. The van der Waals surface area contributed by atoms with Crippen LogP contribution in [0.2, 0.25) is 0 Å². The largest absolute Gasteiger partial charge is 0.354 e. The molecular formula is C44H44F2N10O4. The van der Waals surface area contributed by atoms with Crippen molar-refractivity contribution in [3.8, 4) is 11.4 Å². The number of aromatic nitrogens is 4. The number of benzene rings is 2. The van der Waals surface area contributed by atoms with Gasteiger partial charge >= 0.3 is 0 Å². The van der Waals surface area contributed by atoms with Gasteiger partial charge in [0.1, 0.15) is 35.0 Å². The second kappa shape index (κ2) is 15.5. The number of piperazine rings is 1. The minimum absolute atomic E-state index is 0.00106. The zero-order valence-corrected chi connectivity index (χ0v) is 33.0. The van der Waals surface area contributed by atoms with Crippen molar-refractivity contribution in [2.24, 2.45) is 0 Å². The highest BCUT2D eigenvalue weighted by molar-refractivity contribution is 6.23. The normalized spacial score (nSPS) is 22.0. The summed E-state index contributed by atoms with van der Waals surface area (Å²) in [6.07, 6.45) is 5.60. The van der Waals surface area contributed by atoms with Crippen molar-refractivity contribution in [1.29, 1.82) is 0 Å². The van der Waals surface area contributed by atoms with Gasteiger partial charge in [0.05, 0.1) is 29.1 Å². The number of piperidine rings is 2. The molecule has 14 nitrogen and oxygen atoms in total. The van der Waals surface area contributed by atoms with Crippen molar-refractivity contribution in [3.05, 3.63) is 107 Å². The predicted molar refractivity (Wildman–Crippen MR) is 217 cm³/mol. The van der Waals surface area contributed by atoms with E-state index in [1.54, 1.807) is 18.2 Å². The number of fused-ring (bicyclic) bond motifs is 2. The number of anilines is 2. The molecule has 16 heteroatoms. The Bertz CT molecular complexity index is 2530. The van der Waals surface area contributed by atoms with Crippen molar-refractivity contribution in [3.63, 3.8) is 0 Å². The molecule has 308 valence electrons. The zero-order chi connectivity index (χ0) is 41.1. The highest BCUT2D eigenvalue weighted by Crippen LogP contribution is 2.36. The van der Waals surface area contributed by atoms with Crippen LogP contribution in [-0.2, 0) is 16.1 Å². The lowest BCUT2D eigenvalue weighted by Gasteiger charge is -2.43. The number of likely N-dealkylation sites (tertiary alicyclic amines) is 1. The SMILES string of the molecule is O=C1CCC(N2C(=O)c3ccc(CN4CCC(N5CCN(c6cccc(-c7cnc8ccc(N9CCC[C@@H]9c9cccc(F)c9)nn78)n6)CC5)CC4)c(F)c3C2=O)C(=O)N1. The van der Waals surface area contributed by atoms with Crippen LogP contribution in [0.1, 0.15) is 76.4 Å². The maximum atomic E-state index is 15.9. The number of rotatable bonds is 8. The minimum Gasteiger partial charge on any atom is -0.354 e. The first-order chi connectivity index (χ1) is 29.2. The van der Waals surface area contributed by atoms with Crippen LogP contribution in [-0.4, -0.2) is 116 Å². The topological polar surface area (TPSA) is 140 Å². The number of carbonyl (C=O) groups is 4. The number of imidazole rings is 1. The average molecular weight is 815 g/mol. The number of pyridine rings is 1. The first-order valence-electron chi connectivity index (χ1n) is 20.8. The number of imide groups is 2. The van der Waals surface area contributed by atoms with E-state index in [-0.39, 0.29) is 35.8 Å². The molecular weight excluding hydrogens is 771 g/mol. The number of hydrogen-bond acceptors (Lipinski definition) is 11. The summed E-state index contributed by atoms with van der Waals surface area (Å²) in [7, 11) is 0. The molecule has 1 N–H and O–H groups in total. The van der Waals surface area contributed by atoms with E-state index in [1.165, 1.54) is 12.1 Å². The Labute approximate surface area is 344 Å². The van der Waals surface area contributed by atoms with Gasteiger partial charge in [0.15, 0.2) is 5.65 Å². The van der Waals surface area contributed by atoms with Gasteiger partial charge in [0.2, 0.25) is 11.8 Å². The first-order valence-corrected chi connectivity index (χ1v) is 20.8. The van der Waals surface area contributed by atoms with Gasteiger partial charge in [-0.2, -0.15) is 0 Å². The lowest BCUT2D eigenvalue weighted by Crippen LogP contribution is -2.54. The number of nitrogens with zero attached hydrogens (tertiary/aromatic N) is 9. The zero-order valence-electron chi connectivity index (χ0n) is 33.0. The van der Waals surface area contributed by atoms with Gasteiger partial charge in [-0.3, -0.25) is 39.2 Å². The summed E-state index contributed by atoms with van der Waals surface area (Å²) in [6.45, 7) is 6.09. The van der Waals surface area contributed by atoms with Crippen molar-refractivity contribution < 1.29 is 28.0 Å². The van der Waals surface area contributed by atoms with Crippen LogP contribution in [0.15, 0.2) is 72.9 Å². The van der Waals surface area contributed by atoms with Crippen LogP contribution in [0.4, 0.5) is 20.4 Å². The van der Waals surface area contributed by atoms with E-state index in [1.807, 2.05) is 47.1 Å². The van der Waals surface area contributed by atoms with E-state index in [0.717, 1.165) is 111 Å². The van der Waals surface area contributed by atoms with Gasteiger partial charge < -0.3 is 9.80 Å². The molecule has 5 aromatic rings. The fraction of sp³-hybridized carbons (Fsp3) is 0.386. The second-order valence-electron chi connectivity index (χ2n) is 16.3. The fourth-order valence-electron chi connectivity index (χ4n) is 9.72. The molecule has 10 rings (SSSR count). The van der Waals surface area contributed by atoms with Gasteiger partial charge in [0.25, 0.3) is 11.8 Å². The monoisotopic (exact) mass is 814 g/mol. The predicted octanol–water partition coefficient (Wildman–Crippen LogP) is 4.60. The molecule has 60 heavy (non-hydrogen) atoms. The molecule has 2 aromatic carbocycles. The molecule has 0 bridgehead atoms. The molecule has 1 unspecified atom stereocenters. The van der Waals surface area contributed by atoms with Crippen LogP contribution >= 0.6 is 0 Å². The molecule has 0 radical (unpaired) electrons. The Kier molecular flexibility index (Phi) is 9.83. The maximum absolute atomic E-state index is 15.9. The summed E-state index contributed by atoms with van der Waals surface area (Å²) < 4.78 is 31.9. The number of amides is 4. The summed E-state index contributed by atoms with van der Waals surface area (Å²) in [5.41, 5.74) is 3.25. The number of carbonyl (C=O) groups excluding carboxylic acids is 4. The third kappa shape index (κ3) is 6.86. The molecule has 4 fully saturated rings. The van der Waals surface area contributed by atoms with E-state index in [0.29, 0.717) is 18.2 Å². The maximum Gasteiger partial charge on any atom is 0.265 e. The molecule has 4 saturated heterocycles. The Morgan fingerprint density at radius 3 is 2.38 bits per heavy atom. The molecule has 3 aromatic heterocycles. The Morgan fingerprint density at radius 1 is 0.767 bits per heavy atom. The van der Waals surface area contributed by atoms with E-state index in [2.05, 4.69) is 29.9 Å². The van der Waals surface area contributed by atoms with Crippen molar-refractivity contribution >= 4 is 40.9 Å². The highest BCUT2D eigenvalue weighted by atomic mass is 19.1. The molecule has 0 aliphatic carbocycles. The molecule has 0 spiro atoms. The van der Waals surface area contributed by atoms with Crippen LogP contribution in [0.5, 0.6) is 0 Å². The molecule has 4 amide bonds. The number of hydrogen-bond donors (Lipinski definition) is 1. The molecule has 5 aliphatic heterocycles. The van der Waals surface area contributed by atoms with Crippen LogP contribution < -0.4 is 15.1 Å². The summed E-state index contributed by atoms with van der Waals surface area (Å²) in [5.74, 6) is -1.97. The number of halogens is 2. The Balaban J connectivity index is 0.755. The van der Waals surface area contributed by atoms with Crippen LogP contribution in [0, 0.1) is 11.6 Å². The third-order valence-electron chi connectivity index (χ3n) is 12.9. The van der Waals surface area contributed by atoms with Crippen molar-refractivity contribution in [2.75, 3.05) is 55.6 Å². The van der Waals surface area contributed by atoms with Gasteiger partial charge in [-0.25, -0.2) is 23.3 Å². The molecule has 2 atom stereocenters. The van der Waals surface area contributed by atoms with Crippen molar-refractivity contribution in [2.45, 2.75) is 63.2 Å². The average Bonchev–Trinajstić information content (AvgIpc) is 3.99. The summed E-state index contributed by atoms with van der Waals surface area (Å²) in [5, 5.41) is 7.20. The number of nitrogens with one attached hydrogen (secondary N) is 1. The van der Waals surface area contributed by atoms with Crippen molar-refractivity contribution in [1.82, 2.24) is 39.6 Å². The minimum atomic E-state index is -1.14. The smallest absolute Gasteiger partial charge is 0.265 e. The quantitative estimate of drug-likeness (QED) is 0.220. The fourth-order valence-corrected chi connectivity index (χ4v) is 9.72. The van der Waals surface area contributed by atoms with Crippen LogP contribution in [0.25, 0.3) is 17.0 Å². The van der Waals surface area contributed by atoms with E-state index >= 15 is 4.39 Å². The Morgan fingerprint density at radius 2 is 1.58 bits per heavy atom. The lowest BCUT2D eigenvalue weighted by molar-refractivity contribution is -0.136. The molecule has 5 aliphatic rings. The summed E-state index contributed by atoms with van der Waals surface area (Å²) >= 11 is 0. The first kappa shape index (κ1) is 38.1. The Hall–Kier alpha value is -6.13. The summed E-state index contributed by atoms with van der Waals surface area (Å²) in [6, 6.07) is 19.2. The van der Waals surface area contributed by atoms with E-state index in [4.69, 9.17) is 10.1 Å². The second-order valence-corrected chi connectivity index (χ2v) is 16.3. The summed E-state index contributed by atoms with van der Waals surface area (Å²) in [4.78, 5) is 70.3. The van der Waals surface area contributed by atoms with Gasteiger partial charge in [-0.05, 0) is 93.2 Å². The standard InChI is InChI=1S/C44H44F2N10O4/c45-29-5-1-4-27(24-29)33-7-3-17-54(33)38-13-12-36-47-25-35(56(36)50-38)32-6-2-8-37(48-32)53-22-20-52(21-23-53)30-15-18-51(19-16-30)26-28-9-10-31-40(41(28)46)44(60)55(43(31)59)34-11-14-39(57)49-42(34)58/h1-2,4-6,8-10,12-13,24-25,30,33-34H,3,7,11,14-23,26H2,(H,49,57,58)/t33-,34?/m1/s1. The van der Waals surface area contributed by atoms with E-state index < -0.39 is 35.5 Å². The van der Waals surface area contributed by atoms with Gasteiger partial charge in [-0.1, -0.05) is 24.3 Å². The van der Waals surface area contributed by atoms with Gasteiger partial charge in [0, 0.05) is 57.3 Å². The van der Waals surface area contributed by atoms with Crippen LogP contribution in [0.3, 0.4) is 0 Å². The third-order valence-corrected chi connectivity index (χ3v) is 12.9. The molecule has 0 saturated carbocycles. The highest BCUT2D eigenvalue weighted by Gasteiger charge is 2.46. The van der Waals surface area contributed by atoms with E-state index in [9.17, 15) is 23.6 Å². The molecule has 8 heterocycles.